The van der Waals surface area contributed by atoms with Crippen molar-refractivity contribution in [3.8, 4) is 11.5 Å². The molecule has 0 bridgehead atoms. The van der Waals surface area contributed by atoms with Crippen molar-refractivity contribution >= 4 is 11.6 Å². The van der Waals surface area contributed by atoms with Gasteiger partial charge in [-0.3, -0.25) is 0 Å². The summed E-state index contributed by atoms with van der Waals surface area (Å²) in [6.07, 6.45) is 0.979. The summed E-state index contributed by atoms with van der Waals surface area (Å²) in [5, 5.41) is 4.30. The Balaban J connectivity index is 2.09. The Bertz CT molecular complexity index is 657. The van der Waals surface area contributed by atoms with Crippen molar-refractivity contribution < 1.29 is 9.47 Å². The maximum Gasteiger partial charge on any atom is 0.161 e. The Morgan fingerprint density at radius 2 is 1.86 bits per heavy atom. The van der Waals surface area contributed by atoms with Gasteiger partial charge in [0.1, 0.15) is 0 Å². The lowest BCUT2D eigenvalue weighted by Gasteiger charge is -2.28. The Kier molecular flexibility index (Phi) is 4.04. The Morgan fingerprint density at radius 3 is 2.57 bits per heavy atom. The van der Waals surface area contributed by atoms with Gasteiger partial charge in [-0.15, -0.1) is 0 Å². The highest BCUT2D eigenvalue weighted by Gasteiger charge is 2.23. The van der Waals surface area contributed by atoms with Crippen LogP contribution in [0.15, 0.2) is 36.4 Å². The third-order valence-corrected chi connectivity index (χ3v) is 4.12. The third-order valence-electron chi connectivity index (χ3n) is 3.88. The first-order valence-corrected chi connectivity index (χ1v) is 7.34. The third kappa shape index (κ3) is 2.71. The van der Waals surface area contributed by atoms with Crippen molar-refractivity contribution in [1.29, 1.82) is 0 Å². The fourth-order valence-corrected chi connectivity index (χ4v) is 3.07. The van der Waals surface area contributed by atoms with E-state index in [1.54, 1.807) is 14.2 Å². The molecule has 110 valence electrons. The maximum absolute atomic E-state index is 6.12. The second-order valence-electron chi connectivity index (χ2n) is 5.10. The number of ether oxygens (including phenoxy) is 2. The van der Waals surface area contributed by atoms with Crippen LogP contribution in [0.25, 0.3) is 0 Å². The van der Waals surface area contributed by atoms with Gasteiger partial charge < -0.3 is 14.8 Å². The van der Waals surface area contributed by atoms with Gasteiger partial charge in [-0.2, -0.15) is 0 Å². The summed E-state index contributed by atoms with van der Waals surface area (Å²) in [7, 11) is 3.33. The van der Waals surface area contributed by atoms with Crippen molar-refractivity contribution in [3.63, 3.8) is 0 Å². The molecule has 3 rings (SSSR count). The summed E-state index contributed by atoms with van der Waals surface area (Å²) in [6.45, 7) is 0.930. The zero-order valence-electron chi connectivity index (χ0n) is 12.2. The van der Waals surface area contributed by atoms with Crippen LogP contribution in [-0.2, 0) is 6.42 Å². The Labute approximate surface area is 129 Å². The predicted molar refractivity (Wildman–Crippen MR) is 84.5 cm³/mol. The van der Waals surface area contributed by atoms with E-state index in [0.717, 1.165) is 35.1 Å². The summed E-state index contributed by atoms with van der Waals surface area (Å²) >= 11 is 6.12. The van der Waals surface area contributed by atoms with Crippen LogP contribution in [0.1, 0.15) is 22.7 Å². The molecule has 0 amide bonds. The number of fused-ring (bicyclic) bond motifs is 1. The summed E-state index contributed by atoms with van der Waals surface area (Å²) < 4.78 is 10.8. The van der Waals surface area contributed by atoms with Crippen LogP contribution in [0.2, 0.25) is 5.02 Å². The first-order valence-electron chi connectivity index (χ1n) is 6.96. The van der Waals surface area contributed by atoms with Gasteiger partial charge in [-0.1, -0.05) is 23.7 Å². The van der Waals surface area contributed by atoms with E-state index in [0.29, 0.717) is 0 Å². The van der Waals surface area contributed by atoms with Crippen molar-refractivity contribution in [2.45, 2.75) is 12.5 Å². The first-order chi connectivity index (χ1) is 10.2. The molecule has 2 aromatic carbocycles. The van der Waals surface area contributed by atoms with Gasteiger partial charge in [0.2, 0.25) is 0 Å². The van der Waals surface area contributed by atoms with Crippen LogP contribution >= 0.6 is 11.6 Å². The summed E-state index contributed by atoms with van der Waals surface area (Å²) in [4.78, 5) is 0. The van der Waals surface area contributed by atoms with E-state index in [4.69, 9.17) is 21.1 Å². The van der Waals surface area contributed by atoms with E-state index >= 15 is 0 Å². The minimum atomic E-state index is 0.132. The topological polar surface area (TPSA) is 30.5 Å². The van der Waals surface area contributed by atoms with Gasteiger partial charge in [0.05, 0.1) is 20.3 Å². The van der Waals surface area contributed by atoms with Crippen LogP contribution in [0.5, 0.6) is 11.5 Å². The fraction of sp³-hybridized carbons (Fsp3) is 0.294. The largest absolute Gasteiger partial charge is 0.493 e. The zero-order valence-corrected chi connectivity index (χ0v) is 12.9. The molecule has 0 saturated carbocycles. The molecule has 0 aliphatic carbocycles. The van der Waals surface area contributed by atoms with Gasteiger partial charge >= 0.3 is 0 Å². The molecule has 1 aliphatic rings. The van der Waals surface area contributed by atoms with Gasteiger partial charge in [0.15, 0.2) is 11.5 Å². The lowest BCUT2D eigenvalue weighted by atomic mass is 9.89. The Morgan fingerprint density at radius 1 is 1.10 bits per heavy atom. The fourth-order valence-electron chi connectivity index (χ4n) is 2.87. The van der Waals surface area contributed by atoms with Gasteiger partial charge in [-0.05, 0) is 47.4 Å². The van der Waals surface area contributed by atoms with Crippen LogP contribution in [0.3, 0.4) is 0 Å². The molecule has 0 unspecified atom stereocenters. The lowest BCUT2D eigenvalue weighted by Crippen LogP contribution is -2.30. The molecule has 21 heavy (non-hydrogen) atoms. The highest BCUT2D eigenvalue weighted by atomic mass is 35.5. The number of hydrogen-bond donors (Lipinski definition) is 1. The SMILES string of the molecule is COc1cc2c(cc1OC)[C@H](c1cccc(Cl)c1)NCC2. The molecule has 0 aromatic heterocycles. The number of halogens is 1. The molecular weight excluding hydrogens is 286 g/mol. The van der Waals surface area contributed by atoms with E-state index in [1.165, 1.54) is 11.1 Å². The molecule has 2 aromatic rings. The van der Waals surface area contributed by atoms with Gasteiger partial charge in [-0.25, -0.2) is 0 Å². The normalized spacial score (nSPS) is 17.2. The zero-order chi connectivity index (χ0) is 14.8. The average Bonchev–Trinajstić information content (AvgIpc) is 2.52. The van der Waals surface area contributed by atoms with Crippen molar-refractivity contribution in [3.05, 3.63) is 58.1 Å². The van der Waals surface area contributed by atoms with Crippen molar-refractivity contribution in [2.24, 2.45) is 0 Å². The molecule has 0 saturated heterocycles. The molecular formula is C17H18ClNO2. The molecule has 0 radical (unpaired) electrons. The van der Waals surface area contributed by atoms with Crippen LogP contribution < -0.4 is 14.8 Å². The Hall–Kier alpha value is -1.71. The number of benzene rings is 2. The summed E-state index contributed by atoms with van der Waals surface area (Å²) in [5.74, 6) is 1.54. The van der Waals surface area contributed by atoms with Gasteiger partial charge in [0.25, 0.3) is 0 Å². The highest BCUT2D eigenvalue weighted by Crippen LogP contribution is 2.37. The lowest BCUT2D eigenvalue weighted by molar-refractivity contribution is 0.353. The molecule has 1 atom stereocenters. The number of methoxy groups -OCH3 is 2. The van der Waals surface area contributed by atoms with Crippen LogP contribution in [-0.4, -0.2) is 20.8 Å². The molecule has 3 nitrogen and oxygen atoms in total. The summed E-state index contributed by atoms with van der Waals surface area (Å²) in [6, 6.07) is 12.2. The van der Waals surface area contributed by atoms with E-state index < -0.39 is 0 Å². The quantitative estimate of drug-likeness (QED) is 0.940. The smallest absolute Gasteiger partial charge is 0.161 e. The molecule has 0 fully saturated rings. The first kappa shape index (κ1) is 14.2. The van der Waals surface area contributed by atoms with E-state index in [2.05, 4.69) is 23.5 Å². The standard InChI is InChI=1S/C17H18ClNO2/c1-20-15-9-11-6-7-19-17(14(11)10-16(15)21-2)12-4-3-5-13(18)8-12/h3-5,8-10,17,19H,6-7H2,1-2H3/t17-/m0/s1. The number of hydrogen-bond acceptors (Lipinski definition) is 3. The van der Waals surface area contributed by atoms with Crippen molar-refractivity contribution in [2.75, 3.05) is 20.8 Å². The minimum absolute atomic E-state index is 0.132. The molecule has 1 N–H and O–H groups in total. The molecule has 0 spiro atoms. The number of nitrogens with one attached hydrogen (secondary N) is 1. The van der Waals surface area contributed by atoms with E-state index in [1.807, 2.05) is 18.2 Å². The van der Waals surface area contributed by atoms with Gasteiger partial charge in [0, 0.05) is 11.6 Å². The number of rotatable bonds is 3. The maximum atomic E-state index is 6.12. The minimum Gasteiger partial charge on any atom is -0.493 e. The molecule has 1 aliphatic heterocycles. The second-order valence-corrected chi connectivity index (χ2v) is 5.53. The predicted octanol–water partition coefficient (Wildman–Crippen LogP) is 3.59. The summed E-state index contributed by atoms with van der Waals surface area (Å²) in [5.41, 5.74) is 3.67. The van der Waals surface area contributed by atoms with E-state index in [-0.39, 0.29) is 6.04 Å². The second kappa shape index (κ2) is 5.96. The molecule has 4 heteroatoms. The highest BCUT2D eigenvalue weighted by molar-refractivity contribution is 6.30. The average molecular weight is 304 g/mol. The van der Waals surface area contributed by atoms with Crippen molar-refractivity contribution in [1.82, 2.24) is 5.32 Å². The monoisotopic (exact) mass is 303 g/mol. The van der Waals surface area contributed by atoms with E-state index in [9.17, 15) is 0 Å². The molecule has 1 heterocycles. The van der Waals surface area contributed by atoms with Crippen LogP contribution in [0.4, 0.5) is 0 Å². The van der Waals surface area contributed by atoms with Crippen LogP contribution in [0, 0.1) is 0 Å².